The van der Waals surface area contributed by atoms with Crippen molar-refractivity contribution in [3.05, 3.63) is 337 Å². The van der Waals surface area contributed by atoms with E-state index in [-0.39, 0.29) is 51.9 Å². The summed E-state index contributed by atoms with van der Waals surface area (Å²) in [4.78, 5) is 138. The third kappa shape index (κ3) is 19.4. The molecule has 0 aliphatic carbocycles. The number of aromatic carboxylic acids is 2. The summed E-state index contributed by atoms with van der Waals surface area (Å²) in [5, 5.41) is 22.8. The van der Waals surface area contributed by atoms with Crippen molar-refractivity contribution in [3.63, 3.8) is 0 Å². The molecular formula is C82H73BrN6O16. The highest BCUT2D eigenvalue weighted by Gasteiger charge is 2.26. The van der Waals surface area contributed by atoms with Crippen LogP contribution in [-0.2, 0) is 38.6 Å². The number of nitrogens with zero attached hydrogens (tertiary/aromatic N) is 3. The van der Waals surface area contributed by atoms with E-state index in [0.29, 0.717) is 63.1 Å². The molecule has 0 saturated carbocycles. The molecule has 5 aromatic heterocycles. The number of halogens is 1. The van der Waals surface area contributed by atoms with Crippen LogP contribution >= 0.6 is 15.9 Å². The number of carbonyl (C=O) groups is 6. The number of nitrogens with one attached hydrogen (secondary N) is 3. The predicted octanol–water partition coefficient (Wildman–Crippen LogP) is 13.2. The fraction of sp³-hybridized carbons (Fsp3) is 0.159. The monoisotopic (exact) mass is 1480 g/mol. The molecule has 0 saturated heterocycles. The van der Waals surface area contributed by atoms with Crippen molar-refractivity contribution in [2.45, 2.75) is 72.8 Å². The van der Waals surface area contributed by atoms with Gasteiger partial charge in [-0.05, 0) is 125 Å². The van der Waals surface area contributed by atoms with Crippen molar-refractivity contribution >= 4 is 106 Å². The molecule has 22 nitrogen and oxygen atoms in total. The van der Waals surface area contributed by atoms with E-state index in [1.165, 1.54) is 25.5 Å². The number of pyridine rings is 5. The van der Waals surface area contributed by atoms with Crippen LogP contribution in [0.15, 0.2) is 266 Å². The van der Waals surface area contributed by atoms with Gasteiger partial charge in [0.2, 0.25) is 27.1 Å². The molecule has 534 valence electrons. The highest BCUT2D eigenvalue weighted by Crippen LogP contribution is 2.22. The van der Waals surface area contributed by atoms with Crippen LogP contribution in [0, 0.1) is 0 Å². The number of fused-ring (bicyclic) bond motifs is 5. The zero-order valence-corrected chi connectivity index (χ0v) is 59.5. The van der Waals surface area contributed by atoms with Crippen molar-refractivity contribution in [2.24, 2.45) is 0 Å². The van der Waals surface area contributed by atoms with E-state index in [1.54, 1.807) is 124 Å². The highest BCUT2D eigenvalue weighted by molar-refractivity contribution is 9.10. The molecule has 0 spiro atoms. The number of amides is 1. The standard InChI is InChI=1S/C24H25BrN2O4.C19H17NO3.C17H13NO3.C12H11NO3.C10H7NO3/c1-15(23(30)31-24(2,3)4)26-22(29)19-14-27(13-16-8-6-5-7-9-16)20-11-10-17(25)12-18(20)21(19)28;1-2-23-19(22)16-13-20(12-14-8-4-3-5-9-14)17-11-7-6-10-15(17)18(16)21;19-16-13-8-4-5-9-15(13)18(11-14(16)17(20)21)10-12-6-2-1-3-7-12;1-2-16-12(15)9-7-13-10-6-4-3-5-8(10)11(9)14;12-9-6-3-1-2-4-8(6)11-5-7(9)10(13)14/h5-12,14-15H,13H2,1-4H3,(H,26,29);3-11,13H,2,12H2,1H3;1-9,11H,10H2,(H,20,21);3-7H,2H2,1H3,(H,13,14);1-5H,(H,11,12)(H,13,14). The number of carboxylic acid groups (broad SMARTS) is 2. The van der Waals surface area contributed by atoms with Gasteiger partial charge >= 0.3 is 29.8 Å². The second kappa shape index (κ2) is 35.1. The molecule has 5 heterocycles. The normalized spacial score (nSPS) is 11.1. The number of benzene rings is 8. The summed E-state index contributed by atoms with van der Waals surface area (Å²) in [7, 11) is 0. The molecule has 0 aliphatic heterocycles. The van der Waals surface area contributed by atoms with Crippen LogP contribution in [0.3, 0.4) is 0 Å². The molecule has 23 heteroatoms. The molecular weight excluding hydrogens is 1400 g/mol. The molecule has 13 rings (SSSR count). The van der Waals surface area contributed by atoms with E-state index in [2.05, 4.69) is 31.2 Å². The van der Waals surface area contributed by atoms with Gasteiger partial charge < -0.3 is 53.4 Å². The second-order valence-corrected chi connectivity index (χ2v) is 25.5. The Kier molecular flexibility index (Phi) is 25.5. The highest BCUT2D eigenvalue weighted by atomic mass is 79.9. The number of ether oxygens (including phenoxy) is 3. The summed E-state index contributed by atoms with van der Waals surface area (Å²) in [5.41, 5.74) is 3.87. The Morgan fingerprint density at radius 3 is 1.24 bits per heavy atom. The predicted molar refractivity (Wildman–Crippen MR) is 407 cm³/mol. The quantitative estimate of drug-likeness (QED) is 0.0470. The molecule has 1 atom stereocenters. The minimum atomic E-state index is -1.21. The molecule has 1 amide bonds. The first kappa shape index (κ1) is 76.3. The Balaban J connectivity index is 0.000000156. The molecule has 105 heavy (non-hydrogen) atoms. The van der Waals surface area contributed by atoms with Crippen molar-refractivity contribution in [3.8, 4) is 0 Å². The molecule has 13 aromatic rings. The number of aromatic amines is 2. The van der Waals surface area contributed by atoms with E-state index in [1.807, 2.05) is 143 Å². The van der Waals surface area contributed by atoms with Gasteiger partial charge in [0.25, 0.3) is 5.91 Å². The van der Waals surface area contributed by atoms with Gasteiger partial charge in [-0.15, -0.1) is 0 Å². The molecule has 0 aliphatic rings. The van der Waals surface area contributed by atoms with Crippen LogP contribution in [-0.4, -0.2) is 94.5 Å². The van der Waals surface area contributed by atoms with Crippen LogP contribution in [0.4, 0.5) is 0 Å². The van der Waals surface area contributed by atoms with Crippen LogP contribution in [0.5, 0.6) is 0 Å². The Morgan fingerprint density at radius 2 is 0.790 bits per heavy atom. The van der Waals surface area contributed by atoms with Gasteiger partial charge in [-0.3, -0.25) is 28.8 Å². The maximum atomic E-state index is 13.1. The molecule has 1 unspecified atom stereocenters. The van der Waals surface area contributed by atoms with E-state index < -0.39 is 63.7 Å². The van der Waals surface area contributed by atoms with Gasteiger partial charge in [-0.2, -0.15) is 0 Å². The summed E-state index contributed by atoms with van der Waals surface area (Å²) < 4.78 is 21.4. The average Bonchev–Trinajstić information content (AvgIpc) is 0.790. The van der Waals surface area contributed by atoms with Gasteiger partial charge in [0.1, 0.15) is 39.5 Å². The van der Waals surface area contributed by atoms with Gasteiger partial charge in [-0.25, -0.2) is 24.0 Å². The van der Waals surface area contributed by atoms with Gasteiger partial charge in [0, 0.05) is 93.1 Å². The molecule has 5 N–H and O–H groups in total. The van der Waals surface area contributed by atoms with Gasteiger partial charge in [0.05, 0.1) is 29.8 Å². The molecule has 0 fully saturated rings. The fourth-order valence-electron chi connectivity index (χ4n) is 11.0. The summed E-state index contributed by atoms with van der Waals surface area (Å²) in [5.74, 6) is -4.76. The Morgan fingerprint density at radius 1 is 0.438 bits per heavy atom. The van der Waals surface area contributed by atoms with E-state index in [0.717, 1.165) is 32.2 Å². The molecule has 8 aromatic carbocycles. The van der Waals surface area contributed by atoms with Gasteiger partial charge in [0.15, 0.2) is 0 Å². The van der Waals surface area contributed by atoms with Crippen LogP contribution in [0.1, 0.15) is 110 Å². The van der Waals surface area contributed by atoms with Crippen molar-refractivity contribution in [1.82, 2.24) is 29.0 Å². The van der Waals surface area contributed by atoms with Crippen LogP contribution in [0.25, 0.3) is 54.5 Å². The first-order valence-corrected chi connectivity index (χ1v) is 33.9. The number of aromatic nitrogens is 5. The maximum absolute atomic E-state index is 13.1. The van der Waals surface area contributed by atoms with E-state index >= 15 is 0 Å². The number of hydrogen-bond donors (Lipinski definition) is 5. The molecule has 0 bridgehead atoms. The Hall–Kier alpha value is -12.9. The third-order valence-corrected chi connectivity index (χ3v) is 16.5. The Labute approximate surface area is 608 Å². The lowest BCUT2D eigenvalue weighted by Crippen LogP contribution is -2.43. The van der Waals surface area contributed by atoms with E-state index in [4.69, 9.17) is 19.3 Å². The Bertz CT molecular complexity index is 5690. The average molecular weight is 1480 g/mol. The zero-order chi connectivity index (χ0) is 75.5. The summed E-state index contributed by atoms with van der Waals surface area (Å²) in [6.45, 7) is 12.3. The second-order valence-electron chi connectivity index (χ2n) is 24.6. The smallest absolute Gasteiger partial charge is 0.343 e. The zero-order valence-electron chi connectivity index (χ0n) is 58.0. The number of H-pyrrole nitrogens is 2. The first-order valence-electron chi connectivity index (χ1n) is 33.1. The third-order valence-electron chi connectivity index (χ3n) is 16.0. The fourth-order valence-corrected chi connectivity index (χ4v) is 11.4. The summed E-state index contributed by atoms with van der Waals surface area (Å²) in [6.07, 6.45) is 7.16. The van der Waals surface area contributed by atoms with Crippen LogP contribution < -0.4 is 32.5 Å². The maximum Gasteiger partial charge on any atom is 0.343 e. The first-order chi connectivity index (χ1) is 50.3. The minimum absolute atomic E-state index is 0.0306. The summed E-state index contributed by atoms with van der Waals surface area (Å²) >= 11 is 3.40. The van der Waals surface area contributed by atoms with Gasteiger partial charge in [-0.1, -0.05) is 155 Å². The van der Waals surface area contributed by atoms with Crippen molar-refractivity contribution in [2.75, 3.05) is 13.2 Å². The lowest BCUT2D eigenvalue weighted by Gasteiger charge is -2.22. The number of carbonyl (C=O) groups excluding carboxylic acids is 4. The largest absolute Gasteiger partial charge is 0.477 e. The number of hydrogen-bond acceptors (Lipinski definition) is 14. The number of carboxylic acids is 2. The van der Waals surface area contributed by atoms with Crippen molar-refractivity contribution < 1.29 is 53.2 Å². The SMILES string of the molecule is CC(NC(=O)c1cn(Cc2ccccc2)c2ccc(Br)cc2c1=O)C(=O)OC(C)(C)C.CCOC(=O)c1c[nH]c2ccccc2c1=O.CCOC(=O)c1cn(Cc2ccccc2)c2ccccc2c1=O.O=C(O)c1c[nH]c2ccccc2c1=O.O=C(O)c1cn(Cc2ccccc2)c2ccccc2c1=O. The van der Waals surface area contributed by atoms with E-state index in [9.17, 15) is 57.8 Å². The van der Waals surface area contributed by atoms with Crippen molar-refractivity contribution in [1.29, 1.82) is 0 Å². The number of rotatable bonds is 15. The molecule has 0 radical (unpaired) electrons. The summed E-state index contributed by atoms with van der Waals surface area (Å²) in [6, 6.07) is 62.1. The number of esters is 3. The lowest BCUT2D eigenvalue weighted by atomic mass is 10.1. The lowest BCUT2D eigenvalue weighted by molar-refractivity contribution is -0.156. The topological polar surface area (TPSA) is 314 Å². The minimum Gasteiger partial charge on any atom is -0.477 e. The van der Waals surface area contributed by atoms with Crippen LogP contribution in [0.2, 0.25) is 0 Å². The number of para-hydroxylation sites is 4.